The predicted molar refractivity (Wildman–Crippen MR) is 78.2 cm³/mol. The van der Waals surface area contributed by atoms with Crippen LogP contribution in [0.25, 0.3) is 0 Å². The smallest absolute Gasteiger partial charge is 0.253 e. The minimum absolute atomic E-state index is 0.127. The van der Waals surface area contributed by atoms with E-state index in [1.165, 1.54) is 0 Å². The number of aromatic amines is 1. The number of hydrogen-bond donors (Lipinski definition) is 4. The highest BCUT2D eigenvalue weighted by molar-refractivity contribution is 5.99. The minimum Gasteiger partial charge on any atom is -0.352 e. The van der Waals surface area contributed by atoms with Crippen molar-refractivity contribution in [1.29, 1.82) is 0 Å². The summed E-state index contributed by atoms with van der Waals surface area (Å²) in [6.07, 6.45) is 5.15. The molecule has 6 heteroatoms. The van der Waals surface area contributed by atoms with Gasteiger partial charge in [-0.05, 0) is 31.0 Å². The number of imidazole rings is 1. The predicted octanol–water partition coefficient (Wildman–Crippen LogP) is 1.37. The van der Waals surface area contributed by atoms with Crippen molar-refractivity contribution >= 4 is 11.6 Å². The van der Waals surface area contributed by atoms with Crippen LogP contribution in [0.4, 0.5) is 5.69 Å². The van der Waals surface area contributed by atoms with Crippen molar-refractivity contribution < 1.29 is 4.79 Å². The molecule has 1 aromatic carbocycles. The van der Waals surface area contributed by atoms with Gasteiger partial charge in [0, 0.05) is 25.4 Å². The lowest BCUT2D eigenvalue weighted by atomic mass is 10.1. The lowest BCUT2D eigenvalue weighted by Gasteiger charge is -2.10. The Hall–Kier alpha value is -2.34. The fraction of sp³-hybridized carbons (Fsp3) is 0.286. The van der Waals surface area contributed by atoms with Crippen LogP contribution in [0.3, 0.4) is 0 Å². The molecule has 0 saturated heterocycles. The molecule has 0 atom stereocenters. The molecule has 2 rings (SSSR count). The molecule has 20 heavy (non-hydrogen) atoms. The van der Waals surface area contributed by atoms with Crippen molar-refractivity contribution in [1.82, 2.24) is 15.3 Å². The molecule has 1 amide bonds. The Bertz CT molecular complexity index is 565. The quantitative estimate of drug-likeness (QED) is 0.363. The zero-order chi connectivity index (χ0) is 14.4. The van der Waals surface area contributed by atoms with Gasteiger partial charge in [-0.1, -0.05) is 6.07 Å². The second-order valence-electron chi connectivity index (χ2n) is 4.59. The lowest BCUT2D eigenvalue weighted by molar-refractivity contribution is 0.0954. The third-order valence-electron chi connectivity index (χ3n) is 3.01. The van der Waals surface area contributed by atoms with Crippen molar-refractivity contribution in [3.63, 3.8) is 0 Å². The van der Waals surface area contributed by atoms with E-state index in [1.54, 1.807) is 18.5 Å². The molecule has 0 aliphatic rings. The van der Waals surface area contributed by atoms with Gasteiger partial charge in [-0.15, -0.1) is 0 Å². The molecule has 1 heterocycles. The number of amides is 1. The zero-order valence-electron chi connectivity index (χ0n) is 11.4. The van der Waals surface area contributed by atoms with Crippen LogP contribution in [0.5, 0.6) is 0 Å². The first kappa shape index (κ1) is 14.1. The van der Waals surface area contributed by atoms with E-state index in [2.05, 4.69) is 20.7 Å². The van der Waals surface area contributed by atoms with Gasteiger partial charge in [0.25, 0.3) is 5.91 Å². The van der Waals surface area contributed by atoms with Crippen LogP contribution in [-0.4, -0.2) is 22.4 Å². The number of hydrogen-bond acceptors (Lipinski definition) is 4. The first-order chi connectivity index (χ1) is 9.70. The first-order valence-corrected chi connectivity index (χ1v) is 6.54. The zero-order valence-corrected chi connectivity index (χ0v) is 11.4. The largest absolute Gasteiger partial charge is 0.352 e. The summed E-state index contributed by atoms with van der Waals surface area (Å²) in [5.74, 6) is 6.24. The maximum atomic E-state index is 12.1. The van der Waals surface area contributed by atoms with E-state index in [-0.39, 0.29) is 5.91 Å². The number of hydrazine groups is 1. The maximum absolute atomic E-state index is 12.1. The SMILES string of the molecule is Cc1ccc(C(=O)NCCCc2ncc[nH]2)c(NN)c1. The van der Waals surface area contributed by atoms with Crippen molar-refractivity contribution in [2.75, 3.05) is 12.0 Å². The van der Waals surface area contributed by atoms with Crippen LogP contribution in [0.1, 0.15) is 28.2 Å². The van der Waals surface area contributed by atoms with Crippen molar-refractivity contribution in [3.8, 4) is 0 Å². The molecule has 0 unspecified atom stereocenters. The average Bonchev–Trinajstić information content (AvgIpc) is 2.96. The van der Waals surface area contributed by atoms with Crippen LogP contribution in [-0.2, 0) is 6.42 Å². The third kappa shape index (κ3) is 3.58. The first-order valence-electron chi connectivity index (χ1n) is 6.54. The molecule has 0 saturated carbocycles. The lowest BCUT2D eigenvalue weighted by Crippen LogP contribution is -2.26. The highest BCUT2D eigenvalue weighted by Crippen LogP contribution is 2.16. The van der Waals surface area contributed by atoms with Crippen LogP contribution >= 0.6 is 0 Å². The fourth-order valence-electron chi connectivity index (χ4n) is 1.96. The van der Waals surface area contributed by atoms with Crippen LogP contribution in [0.2, 0.25) is 0 Å². The number of aromatic nitrogens is 2. The molecule has 0 fully saturated rings. The summed E-state index contributed by atoms with van der Waals surface area (Å²) in [6, 6.07) is 5.50. The summed E-state index contributed by atoms with van der Waals surface area (Å²) >= 11 is 0. The molecule has 0 bridgehead atoms. The molecule has 0 radical (unpaired) electrons. The molecule has 5 N–H and O–H groups in total. The second-order valence-corrected chi connectivity index (χ2v) is 4.59. The van der Waals surface area contributed by atoms with Gasteiger partial charge in [-0.2, -0.15) is 0 Å². The number of anilines is 1. The number of rotatable bonds is 6. The minimum atomic E-state index is -0.127. The number of carbonyl (C=O) groups excluding carboxylic acids is 1. The van der Waals surface area contributed by atoms with Gasteiger partial charge in [0.1, 0.15) is 5.82 Å². The standard InChI is InChI=1S/C14H19N5O/c1-10-4-5-11(12(9-10)19-15)14(20)18-6-2-3-13-16-7-8-17-13/h4-5,7-9,19H,2-3,6,15H2,1H3,(H,16,17)(H,18,20). The van der Waals surface area contributed by atoms with Crippen molar-refractivity contribution in [2.45, 2.75) is 19.8 Å². The summed E-state index contributed by atoms with van der Waals surface area (Å²) in [5.41, 5.74) is 4.79. The number of nitrogens with zero attached hydrogens (tertiary/aromatic N) is 1. The number of H-pyrrole nitrogens is 1. The van der Waals surface area contributed by atoms with Gasteiger partial charge in [0.2, 0.25) is 0 Å². The summed E-state index contributed by atoms with van der Waals surface area (Å²) in [7, 11) is 0. The Labute approximate surface area is 117 Å². The van der Waals surface area contributed by atoms with Gasteiger partial charge >= 0.3 is 0 Å². The van der Waals surface area contributed by atoms with Crippen molar-refractivity contribution in [2.24, 2.45) is 5.84 Å². The topological polar surface area (TPSA) is 95.8 Å². The van der Waals surface area contributed by atoms with E-state index >= 15 is 0 Å². The van der Waals surface area contributed by atoms with Crippen LogP contribution in [0.15, 0.2) is 30.6 Å². The van der Waals surface area contributed by atoms with E-state index in [0.717, 1.165) is 24.2 Å². The van der Waals surface area contributed by atoms with Crippen molar-refractivity contribution in [3.05, 3.63) is 47.5 Å². The maximum Gasteiger partial charge on any atom is 0.253 e. The average molecular weight is 273 g/mol. The normalized spacial score (nSPS) is 10.3. The second kappa shape index (κ2) is 6.72. The molecular weight excluding hydrogens is 254 g/mol. The van der Waals surface area contributed by atoms with Crippen LogP contribution < -0.4 is 16.6 Å². The van der Waals surface area contributed by atoms with E-state index in [9.17, 15) is 4.79 Å². The van der Waals surface area contributed by atoms with Crippen LogP contribution in [0, 0.1) is 6.92 Å². The molecule has 0 spiro atoms. The number of benzene rings is 1. The van der Waals surface area contributed by atoms with Gasteiger partial charge < -0.3 is 15.7 Å². The van der Waals surface area contributed by atoms with E-state index < -0.39 is 0 Å². The molecule has 0 aliphatic carbocycles. The Morgan fingerprint density at radius 3 is 3.00 bits per heavy atom. The molecule has 106 valence electrons. The number of aryl methyl sites for hydroxylation is 2. The summed E-state index contributed by atoms with van der Waals surface area (Å²) in [5, 5.41) is 2.88. The van der Waals surface area contributed by atoms with E-state index in [4.69, 9.17) is 5.84 Å². The number of nitrogen functional groups attached to an aromatic ring is 1. The molecule has 6 nitrogen and oxygen atoms in total. The van der Waals surface area contributed by atoms with Gasteiger partial charge in [0.05, 0.1) is 11.3 Å². The summed E-state index contributed by atoms with van der Waals surface area (Å²) in [6.45, 7) is 2.54. The monoisotopic (exact) mass is 273 g/mol. The Balaban J connectivity index is 1.85. The molecule has 0 aliphatic heterocycles. The van der Waals surface area contributed by atoms with Gasteiger partial charge in [0.15, 0.2) is 0 Å². The molecule has 1 aromatic heterocycles. The fourth-order valence-corrected chi connectivity index (χ4v) is 1.96. The Kier molecular flexibility index (Phi) is 4.73. The highest BCUT2D eigenvalue weighted by atomic mass is 16.1. The third-order valence-corrected chi connectivity index (χ3v) is 3.01. The molecular formula is C14H19N5O. The van der Waals surface area contributed by atoms with Gasteiger partial charge in [-0.3, -0.25) is 10.6 Å². The Morgan fingerprint density at radius 1 is 1.45 bits per heavy atom. The van der Waals surface area contributed by atoms with E-state index in [1.807, 2.05) is 19.1 Å². The highest BCUT2D eigenvalue weighted by Gasteiger charge is 2.10. The summed E-state index contributed by atoms with van der Waals surface area (Å²) < 4.78 is 0. The number of nitrogens with two attached hydrogens (primary N) is 1. The molecule has 2 aromatic rings. The summed E-state index contributed by atoms with van der Waals surface area (Å²) in [4.78, 5) is 19.2. The number of carbonyl (C=O) groups is 1. The van der Waals surface area contributed by atoms with E-state index in [0.29, 0.717) is 17.8 Å². The number of nitrogens with one attached hydrogen (secondary N) is 3. The van der Waals surface area contributed by atoms with Gasteiger partial charge in [-0.25, -0.2) is 4.98 Å². The Morgan fingerprint density at radius 2 is 2.30 bits per heavy atom.